The Labute approximate surface area is 191 Å². The molecule has 0 atom stereocenters. The van der Waals surface area contributed by atoms with Crippen LogP contribution in [0.2, 0.25) is 0 Å². The standard InChI is InChI=1S/C23H23N3O6S/c1-16-6-8-18(33(29,30)26-10-12-31-13-11-26)14-21(16)25-22(27)15-32-23(28)20-9-7-17-4-2-3-5-19(17)24-20/h2-9,14H,10-13,15H2,1H3,(H,25,27). The molecule has 2 aromatic carbocycles. The molecule has 1 aliphatic rings. The number of hydrogen-bond donors (Lipinski definition) is 1. The molecular formula is C23H23N3O6S. The SMILES string of the molecule is Cc1ccc(S(=O)(=O)N2CCOCC2)cc1NC(=O)COC(=O)c1ccc2ccccc2n1. The summed E-state index contributed by atoms with van der Waals surface area (Å²) in [5.41, 5.74) is 1.74. The third-order valence-electron chi connectivity index (χ3n) is 5.23. The molecule has 1 aliphatic heterocycles. The summed E-state index contributed by atoms with van der Waals surface area (Å²) < 4.78 is 37.4. The second-order valence-corrected chi connectivity index (χ2v) is 9.44. The molecule has 9 nitrogen and oxygen atoms in total. The van der Waals surface area contributed by atoms with E-state index in [2.05, 4.69) is 10.3 Å². The Bertz CT molecular complexity index is 1300. The van der Waals surface area contributed by atoms with Gasteiger partial charge < -0.3 is 14.8 Å². The fourth-order valence-corrected chi connectivity index (χ4v) is 4.84. The zero-order valence-electron chi connectivity index (χ0n) is 18.0. The maximum absolute atomic E-state index is 12.9. The van der Waals surface area contributed by atoms with Crippen LogP contribution in [0.4, 0.5) is 5.69 Å². The molecule has 0 radical (unpaired) electrons. The number of aryl methyl sites for hydroxylation is 1. The second-order valence-electron chi connectivity index (χ2n) is 7.51. The number of hydrogen-bond acceptors (Lipinski definition) is 7. The lowest BCUT2D eigenvalue weighted by molar-refractivity contribution is -0.119. The van der Waals surface area contributed by atoms with Gasteiger partial charge in [-0.25, -0.2) is 18.2 Å². The minimum Gasteiger partial charge on any atom is -0.451 e. The maximum atomic E-state index is 12.9. The van der Waals surface area contributed by atoms with Gasteiger partial charge in [0.1, 0.15) is 5.69 Å². The van der Waals surface area contributed by atoms with Crippen molar-refractivity contribution < 1.29 is 27.5 Å². The van der Waals surface area contributed by atoms with Crippen molar-refractivity contribution in [2.45, 2.75) is 11.8 Å². The summed E-state index contributed by atoms with van der Waals surface area (Å²) in [6.45, 7) is 2.44. The number of pyridine rings is 1. The number of ether oxygens (including phenoxy) is 2. The summed E-state index contributed by atoms with van der Waals surface area (Å²) >= 11 is 0. The summed E-state index contributed by atoms with van der Waals surface area (Å²) in [7, 11) is -3.71. The topological polar surface area (TPSA) is 115 Å². The Hall–Kier alpha value is -3.34. The number of anilines is 1. The van der Waals surface area contributed by atoms with Gasteiger partial charge in [0, 0.05) is 24.2 Å². The van der Waals surface area contributed by atoms with Crippen LogP contribution in [0.15, 0.2) is 59.5 Å². The van der Waals surface area contributed by atoms with Crippen molar-refractivity contribution >= 4 is 38.5 Å². The monoisotopic (exact) mass is 469 g/mol. The number of fused-ring (bicyclic) bond motifs is 1. The number of rotatable bonds is 6. The first-order chi connectivity index (χ1) is 15.8. The molecule has 2 heterocycles. The molecular weight excluding hydrogens is 446 g/mol. The van der Waals surface area contributed by atoms with Crippen LogP contribution in [0.3, 0.4) is 0 Å². The average Bonchev–Trinajstić information content (AvgIpc) is 2.84. The van der Waals surface area contributed by atoms with Crippen LogP contribution in [0, 0.1) is 6.92 Å². The minimum absolute atomic E-state index is 0.0719. The van der Waals surface area contributed by atoms with Crippen molar-refractivity contribution in [1.29, 1.82) is 0 Å². The number of nitrogens with zero attached hydrogens (tertiary/aromatic N) is 2. The van der Waals surface area contributed by atoms with E-state index < -0.39 is 28.5 Å². The van der Waals surface area contributed by atoms with E-state index in [1.165, 1.54) is 22.5 Å². The van der Waals surface area contributed by atoms with E-state index in [0.717, 1.165) is 5.39 Å². The lowest BCUT2D eigenvalue weighted by Gasteiger charge is -2.26. The Balaban J connectivity index is 1.41. The molecule has 0 aliphatic carbocycles. The van der Waals surface area contributed by atoms with Crippen molar-refractivity contribution in [3.8, 4) is 0 Å². The third kappa shape index (κ3) is 5.19. The molecule has 10 heteroatoms. The number of amides is 1. The van der Waals surface area contributed by atoms with Crippen LogP contribution >= 0.6 is 0 Å². The van der Waals surface area contributed by atoms with Crippen LogP contribution in [0.1, 0.15) is 16.1 Å². The van der Waals surface area contributed by atoms with Gasteiger partial charge in [-0.1, -0.05) is 30.3 Å². The van der Waals surface area contributed by atoms with Gasteiger partial charge in [0.15, 0.2) is 6.61 Å². The van der Waals surface area contributed by atoms with E-state index in [1.54, 1.807) is 25.1 Å². The molecule has 1 amide bonds. The number of carbonyl (C=O) groups excluding carboxylic acids is 2. The maximum Gasteiger partial charge on any atom is 0.357 e. The number of benzene rings is 2. The predicted octanol–water partition coefficient (Wildman–Crippen LogP) is 2.36. The van der Waals surface area contributed by atoms with E-state index in [0.29, 0.717) is 30.0 Å². The molecule has 0 saturated carbocycles. The van der Waals surface area contributed by atoms with Gasteiger partial charge in [0.25, 0.3) is 5.91 Å². The molecule has 1 N–H and O–H groups in total. The Morgan fingerprint density at radius 3 is 2.64 bits per heavy atom. The van der Waals surface area contributed by atoms with Gasteiger partial charge in [-0.2, -0.15) is 4.31 Å². The van der Waals surface area contributed by atoms with E-state index in [4.69, 9.17) is 9.47 Å². The van der Waals surface area contributed by atoms with Gasteiger partial charge in [0.2, 0.25) is 10.0 Å². The normalized spacial score (nSPS) is 14.7. The van der Waals surface area contributed by atoms with Crippen LogP contribution in [0.5, 0.6) is 0 Å². The summed E-state index contributed by atoms with van der Waals surface area (Å²) in [5, 5.41) is 3.50. The second kappa shape index (κ2) is 9.65. The quantitative estimate of drug-likeness (QED) is 0.551. The minimum atomic E-state index is -3.71. The number of carbonyl (C=O) groups is 2. The predicted molar refractivity (Wildman–Crippen MR) is 121 cm³/mol. The number of esters is 1. The largest absolute Gasteiger partial charge is 0.451 e. The number of para-hydroxylation sites is 1. The van der Waals surface area contributed by atoms with Crippen molar-refractivity contribution in [2.24, 2.45) is 0 Å². The molecule has 172 valence electrons. The lowest BCUT2D eigenvalue weighted by atomic mass is 10.2. The van der Waals surface area contributed by atoms with E-state index in [-0.39, 0.29) is 23.7 Å². The van der Waals surface area contributed by atoms with Gasteiger partial charge in [0.05, 0.1) is 23.6 Å². The molecule has 1 saturated heterocycles. The molecule has 0 unspecified atom stereocenters. The lowest BCUT2D eigenvalue weighted by Crippen LogP contribution is -2.40. The Kier molecular flexibility index (Phi) is 6.68. The van der Waals surface area contributed by atoms with E-state index >= 15 is 0 Å². The summed E-state index contributed by atoms with van der Waals surface area (Å²) in [6, 6.07) is 15.2. The van der Waals surface area contributed by atoms with Crippen LogP contribution in [0.25, 0.3) is 10.9 Å². The number of sulfonamides is 1. The first-order valence-electron chi connectivity index (χ1n) is 10.4. The van der Waals surface area contributed by atoms with Crippen LogP contribution < -0.4 is 5.32 Å². The van der Waals surface area contributed by atoms with Crippen molar-refractivity contribution in [3.63, 3.8) is 0 Å². The third-order valence-corrected chi connectivity index (χ3v) is 7.13. The molecule has 0 spiro atoms. The molecule has 1 aromatic heterocycles. The average molecular weight is 470 g/mol. The summed E-state index contributed by atoms with van der Waals surface area (Å²) in [5.74, 6) is -1.32. The highest BCUT2D eigenvalue weighted by Crippen LogP contribution is 2.23. The van der Waals surface area contributed by atoms with E-state index in [1.807, 2.05) is 18.2 Å². The number of morpholine rings is 1. The highest BCUT2D eigenvalue weighted by Gasteiger charge is 2.27. The van der Waals surface area contributed by atoms with E-state index in [9.17, 15) is 18.0 Å². The molecule has 1 fully saturated rings. The molecule has 4 rings (SSSR count). The zero-order valence-corrected chi connectivity index (χ0v) is 18.8. The fourth-order valence-electron chi connectivity index (χ4n) is 3.40. The van der Waals surface area contributed by atoms with Gasteiger partial charge in [-0.05, 0) is 36.8 Å². The fraction of sp³-hybridized carbons (Fsp3) is 0.261. The van der Waals surface area contributed by atoms with Gasteiger partial charge >= 0.3 is 5.97 Å². The molecule has 3 aromatic rings. The van der Waals surface area contributed by atoms with Crippen LogP contribution in [-0.4, -0.2) is 62.5 Å². The van der Waals surface area contributed by atoms with Crippen molar-refractivity contribution in [3.05, 3.63) is 65.9 Å². The smallest absolute Gasteiger partial charge is 0.357 e. The van der Waals surface area contributed by atoms with Gasteiger partial charge in [-0.15, -0.1) is 0 Å². The Morgan fingerprint density at radius 1 is 1.09 bits per heavy atom. The first-order valence-corrected chi connectivity index (χ1v) is 11.8. The van der Waals surface area contributed by atoms with Gasteiger partial charge in [-0.3, -0.25) is 4.79 Å². The highest BCUT2D eigenvalue weighted by atomic mass is 32.2. The number of aromatic nitrogens is 1. The van der Waals surface area contributed by atoms with Crippen molar-refractivity contribution in [2.75, 3.05) is 38.2 Å². The summed E-state index contributed by atoms with van der Waals surface area (Å²) in [4.78, 5) is 29.0. The summed E-state index contributed by atoms with van der Waals surface area (Å²) in [6.07, 6.45) is 0. The van der Waals surface area contributed by atoms with Crippen molar-refractivity contribution in [1.82, 2.24) is 9.29 Å². The number of nitrogens with one attached hydrogen (secondary N) is 1. The molecule has 0 bridgehead atoms. The zero-order chi connectivity index (χ0) is 23.4. The van der Waals surface area contributed by atoms with Crippen LogP contribution in [-0.2, 0) is 24.3 Å². The molecule has 33 heavy (non-hydrogen) atoms. The highest BCUT2D eigenvalue weighted by molar-refractivity contribution is 7.89. The Morgan fingerprint density at radius 2 is 1.85 bits per heavy atom. The first kappa shape index (κ1) is 22.8.